The van der Waals surface area contributed by atoms with Crippen LogP contribution >= 0.6 is 0 Å². The average molecular weight is 410 g/mol. The summed E-state index contributed by atoms with van der Waals surface area (Å²) in [6.45, 7) is 9.90. The summed E-state index contributed by atoms with van der Waals surface area (Å²) < 4.78 is 5.18. The van der Waals surface area contributed by atoms with Gasteiger partial charge in [-0.05, 0) is 79.8 Å². The second-order valence-corrected chi connectivity index (χ2v) is 9.25. The van der Waals surface area contributed by atoms with Gasteiger partial charge in [-0.3, -0.25) is 4.98 Å². The van der Waals surface area contributed by atoms with Gasteiger partial charge in [-0.15, -0.1) is 0 Å². The molecule has 1 saturated carbocycles. The van der Waals surface area contributed by atoms with Crippen LogP contribution in [0.1, 0.15) is 69.3 Å². The van der Waals surface area contributed by atoms with Crippen molar-refractivity contribution in [2.45, 2.75) is 66.0 Å². The Kier molecular flexibility index (Phi) is 7.35. The third-order valence-electron chi connectivity index (χ3n) is 6.07. The van der Waals surface area contributed by atoms with E-state index in [4.69, 9.17) is 4.74 Å². The number of hydrogen-bond donors (Lipinski definition) is 2. The van der Waals surface area contributed by atoms with E-state index in [0.717, 1.165) is 22.9 Å². The van der Waals surface area contributed by atoms with E-state index in [9.17, 15) is 4.79 Å². The number of esters is 1. The highest BCUT2D eigenvalue weighted by molar-refractivity contribution is 5.92. The minimum absolute atomic E-state index is 0.290. The number of rotatable bonds is 7. The number of pyridine rings is 1. The molecule has 5 heteroatoms. The lowest BCUT2D eigenvalue weighted by Crippen LogP contribution is -2.31. The fraction of sp³-hybridized carbons (Fsp3) is 0.520. The molecule has 2 N–H and O–H groups in total. The quantitative estimate of drug-likeness (QED) is 0.559. The third kappa shape index (κ3) is 5.97. The van der Waals surface area contributed by atoms with Gasteiger partial charge in [0.25, 0.3) is 0 Å². The number of carbonyl (C=O) groups is 1. The van der Waals surface area contributed by atoms with Gasteiger partial charge in [-0.2, -0.15) is 0 Å². The smallest absolute Gasteiger partial charge is 0.338 e. The molecule has 0 saturated heterocycles. The van der Waals surface area contributed by atoms with Gasteiger partial charge in [0.05, 0.1) is 23.5 Å². The molecule has 0 unspecified atom stereocenters. The Bertz CT molecular complexity index is 822. The van der Waals surface area contributed by atoms with E-state index in [-0.39, 0.29) is 5.97 Å². The number of benzene rings is 1. The number of nitrogens with one attached hydrogen (secondary N) is 2. The van der Waals surface area contributed by atoms with E-state index in [1.807, 2.05) is 37.3 Å². The first-order valence-corrected chi connectivity index (χ1v) is 11.1. The number of ether oxygens (including phenoxy) is 1. The summed E-state index contributed by atoms with van der Waals surface area (Å²) in [5.41, 5.74) is 4.05. The largest absolute Gasteiger partial charge is 0.462 e. The molecule has 0 aliphatic heterocycles. The highest BCUT2D eigenvalue weighted by Gasteiger charge is 2.29. The van der Waals surface area contributed by atoms with Gasteiger partial charge in [0, 0.05) is 25.0 Å². The highest BCUT2D eigenvalue weighted by atomic mass is 16.5. The van der Waals surface area contributed by atoms with Crippen LogP contribution in [0.2, 0.25) is 0 Å². The molecule has 1 aliphatic carbocycles. The molecule has 3 rings (SSSR count). The molecule has 1 aliphatic rings. The Hall–Kier alpha value is -2.56. The Labute approximate surface area is 180 Å². The Morgan fingerprint density at radius 2 is 1.77 bits per heavy atom. The average Bonchev–Trinajstić information content (AvgIpc) is 2.73. The summed E-state index contributed by atoms with van der Waals surface area (Å²) in [4.78, 5) is 16.3. The first kappa shape index (κ1) is 22.1. The molecule has 1 aromatic carbocycles. The van der Waals surface area contributed by atoms with Crippen molar-refractivity contribution in [2.75, 3.05) is 17.2 Å². The monoisotopic (exact) mass is 409 g/mol. The zero-order valence-corrected chi connectivity index (χ0v) is 18.7. The number of aromatic nitrogens is 1. The van der Waals surface area contributed by atoms with Crippen LogP contribution in [0.3, 0.4) is 0 Å². The maximum atomic E-state index is 12.2. The maximum absolute atomic E-state index is 12.2. The molecule has 0 atom stereocenters. The highest BCUT2D eigenvalue weighted by Crippen LogP contribution is 2.39. The van der Waals surface area contributed by atoms with Gasteiger partial charge in [0.15, 0.2) is 0 Å². The lowest BCUT2D eigenvalue weighted by atomic mass is 9.71. The zero-order valence-electron chi connectivity index (χ0n) is 18.7. The van der Waals surface area contributed by atoms with Crippen LogP contribution in [0.15, 0.2) is 42.7 Å². The molecule has 1 heterocycles. The SMILES string of the molecule is CCOC(=O)c1ccc(NC2CCC(C(C)(C)C)CC2)c(NCc2ccncc2)c1. The third-order valence-corrected chi connectivity index (χ3v) is 6.07. The zero-order chi connectivity index (χ0) is 21.6. The Morgan fingerprint density at radius 1 is 1.07 bits per heavy atom. The molecule has 0 bridgehead atoms. The van der Waals surface area contributed by atoms with Crippen LogP contribution in [-0.4, -0.2) is 23.6 Å². The van der Waals surface area contributed by atoms with Crippen molar-refractivity contribution in [2.24, 2.45) is 11.3 Å². The van der Waals surface area contributed by atoms with Gasteiger partial charge in [0.2, 0.25) is 0 Å². The van der Waals surface area contributed by atoms with Crippen LogP contribution in [0.4, 0.5) is 11.4 Å². The fourth-order valence-electron chi connectivity index (χ4n) is 4.18. The van der Waals surface area contributed by atoms with Gasteiger partial charge in [-0.1, -0.05) is 20.8 Å². The van der Waals surface area contributed by atoms with Crippen molar-refractivity contribution in [3.05, 3.63) is 53.9 Å². The lowest BCUT2D eigenvalue weighted by molar-refractivity contribution is 0.0526. The number of anilines is 2. The van der Waals surface area contributed by atoms with Crippen LogP contribution in [0.5, 0.6) is 0 Å². The molecule has 5 nitrogen and oxygen atoms in total. The van der Waals surface area contributed by atoms with Crippen LogP contribution in [0.25, 0.3) is 0 Å². The Morgan fingerprint density at radius 3 is 2.40 bits per heavy atom. The first-order chi connectivity index (χ1) is 14.4. The van der Waals surface area contributed by atoms with Gasteiger partial charge in [-0.25, -0.2) is 4.79 Å². The van der Waals surface area contributed by atoms with Crippen molar-refractivity contribution in [3.63, 3.8) is 0 Å². The molecule has 2 aromatic rings. The molecule has 1 fully saturated rings. The summed E-state index contributed by atoms with van der Waals surface area (Å²) in [5, 5.41) is 7.22. The summed E-state index contributed by atoms with van der Waals surface area (Å²) in [7, 11) is 0. The minimum Gasteiger partial charge on any atom is -0.462 e. The molecule has 1 aromatic heterocycles. The van der Waals surface area contributed by atoms with E-state index in [1.54, 1.807) is 12.4 Å². The second-order valence-electron chi connectivity index (χ2n) is 9.25. The summed E-state index contributed by atoms with van der Waals surface area (Å²) in [6, 6.07) is 10.2. The normalized spacial score (nSPS) is 19.2. The predicted octanol–water partition coefficient (Wildman–Crippen LogP) is 5.89. The van der Waals surface area contributed by atoms with Gasteiger partial charge >= 0.3 is 5.97 Å². The molecular formula is C25H35N3O2. The van der Waals surface area contributed by atoms with E-state index in [2.05, 4.69) is 36.4 Å². The minimum atomic E-state index is -0.290. The molecule has 0 radical (unpaired) electrons. The van der Waals surface area contributed by atoms with E-state index < -0.39 is 0 Å². The predicted molar refractivity (Wildman–Crippen MR) is 123 cm³/mol. The van der Waals surface area contributed by atoms with Crippen molar-refractivity contribution in [1.82, 2.24) is 4.98 Å². The molecule has 162 valence electrons. The first-order valence-electron chi connectivity index (χ1n) is 11.1. The molecule has 0 spiro atoms. The molecule has 30 heavy (non-hydrogen) atoms. The van der Waals surface area contributed by atoms with Crippen molar-refractivity contribution in [1.29, 1.82) is 0 Å². The van der Waals surface area contributed by atoms with E-state index in [0.29, 0.717) is 30.2 Å². The summed E-state index contributed by atoms with van der Waals surface area (Å²) in [6.07, 6.45) is 8.43. The lowest BCUT2D eigenvalue weighted by Gasteiger charge is -2.37. The standard InChI is InChI=1S/C25H35N3O2/c1-5-30-24(29)19-6-11-22(23(16-19)27-17-18-12-14-26-15-13-18)28-21-9-7-20(8-10-21)25(2,3)4/h6,11-16,20-21,27-28H,5,7-10,17H2,1-4H3. The van der Waals surface area contributed by atoms with Crippen LogP contribution in [-0.2, 0) is 11.3 Å². The molecule has 0 amide bonds. The van der Waals surface area contributed by atoms with E-state index in [1.165, 1.54) is 25.7 Å². The van der Waals surface area contributed by atoms with Gasteiger partial charge < -0.3 is 15.4 Å². The van der Waals surface area contributed by atoms with Crippen LogP contribution < -0.4 is 10.6 Å². The van der Waals surface area contributed by atoms with Crippen molar-refractivity contribution >= 4 is 17.3 Å². The summed E-state index contributed by atoms with van der Waals surface area (Å²) >= 11 is 0. The number of carbonyl (C=O) groups excluding carboxylic acids is 1. The fourth-order valence-corrected chi connectivity index (χ4v) is 4.18. The van der Waals surface area contributed by atoms with Crippen molar-refractivity contribution in [3.8, 4) is 0 Å². The van der Waals surface area contributed by atoms with Crippen LogP contribution in [0, 0.1) is 11.3 Å². The van der Waals surface area contributed by atoms with Crippen molar-refractivity contribution < 1.29 is 9.53 Å². The number of nitrogens with zero attached hydrogens (tertiary/aromatic N) is 1. The summed E-state index contributed by atoms with van der Waals surface area (Å²) in [5.74, 6) is 0.493. The topological polar surface area (TPSA) is 63.2 Å². The Balaban J connectivity index is 1.72. The van der Waals surface area contributed by atoms with Gasteiger partial charge in [0.1, 0.15) is 0 Å². The van der Waals surface area contributed by atoms with E-state index >= 15 is 0 Å². The molecular weight excluding hydrogens is 374 g/mol. The number of hydrogen-bond acceptors (Lipinski definition) is 5. The second kappa shape index (κ2) is 9.96. The maximum Gasteiger partial charge on any atom is 0.338 e.